The van der Waals surface area contributed by atoms with Crippen molar-refractivity contribution in [3.63, 3.8) is 0 Å². The number of imide groups is 1. The Morgan fingerprint density at radius 1 is 1.56 bits per heavy atom. The van der Waals surface area contributed by atoms with Crippen molar-refractivity contribution >= 4 is 18.1 Å². The van der Waals surface area contributed by atoms with Gasteiger partial charge in [-0.15, -0.1) is 0 Å². The molecule has 0 aromatic carbocycles. The molecule has 0 spiro atoms. The summed E-state index contributed by atoms with van der Waals surface area (Å²) in [5, 5.41) is 2.32. The maximum absolute atomic E-state index is 11.8. The van der Waals surface area contributed by atoms with Crippen molar-refractivity contribution in [1.82, 2.24) is 10.2 Å². The number of methoxy groups -OCH3 is 1. The molecule has 7 heteroatoms. The van der Waals surface area contributed by atoms with Crippen LogP contribution in [0.1, 0.15) is 20.3 Å². The van der Waals surface area contributed by atoms with Crippen LogP contribution in [0.3, 0.4) is 0 Å². The van der Waals surface area contributed by atoms with Crippen molar-refractivity contribution in [2.45, 2.75) is 26.3 Å². The zero-order valence-electron chi connectivity index (χ0n) is 10.8. The molecule has 0 aliphatic carbocycles. The molecule has 0 unspecified atom stereocenters. The summed E-state index contributed by atoms with van der Waals surface area (Å²) in [6.07, 6.45) is -0.0137. The maximum atomic E-state index is 11.8. The summed E-state index contributed by atoms with van der Waals surface area (Å²) in [6, 6.07) is -0.913. The quantitative estimate of drug-likeness (QED) is 0.751. The van der Waals surface area contributed by atoms with Gasteiger partial charge < -0.3 is 14.8 Å². The van der Waals surface area contributed by atoms with Gasteiger partial charge in [0.15, 0.2) is 0 Å². The summed E-state index contributed by atoms with van der Waals surface area (Å²) < 4.78 is 9.24. The van der Waals surface area contributed by atoms with E-state index >= 15 is 0 Å². The highest BCUT2D eigenvalue weighted by atomic mass is 16.6. The first-order valence-electron chi connectivity index (χ1n) is 5.76. The van der Waals surface area contributed by atoms with Crippen LogP contribution in [0.2, 0.25) is 0 Å². The molecule has 1 heterocycles. The van der Waals surface area contributed by atoms with Crippen LogP contribution in [0.4, 0.5) is 9.59 Å². The van der Waals surface area contributed by atoms with Crippen molar-refractivity contribution < 1.29 is 23.9 Å². The number of nitrogens with zero attached hydrogens (tertiary/aromatic N) is 1. The number of carbonyl (C=O) groups is 3. The van der Waals surface area contributed by atoms with Crippen LogP contribution in [0.25, 0.3) is 0 Å². The second kappa shape index (κ2) is 6.23. The van der Waals surface area contributed by atoms with E-state index in [1.807, 2.05) is 13.8 Å². The minimum absolute atomic E-state index is 0.197. The van der Waals surface area contributed by atoms with E-state index in [0.29, 0.717) is 12.3 Å². The van der Waals surface area contributed by atoms with E-state index in [-0.39, 0.29) is 19.2 Å². The van der Waals surface area contributed by atoms with Crippen LogP contribution >= 0.6 is 0 Å². The number of urea groups is 1. The summed E-state index contributed by atoms with van der Waals surface area (Å²) in [4.78, 5) is 35.1. The van der Waals surface area contributed by atoms with Crippen molar-refractivity contribution in [1.29, 1.82) is 0 Å². The van der Waals surface area contributed by atoms with Crippen LogP contribution in [0, 0.1) is 5.92 Å². The van der Waals surface area contributed by atoms with Crippen molar-refractivity contribution in [3.05, 3.63) is 0 Å². The van der Waals surface area contributed by atoms with E-state index < -0.39 is 18.1 Å². The van der Waals surface area contributed by atoms with Gasteiger partial charge >= 0.3 is 18.1 Å². The molecule has 1 aliphatic heterocycles. The fourth-order valence-electron chi connectivity index (χ4n) is 1.73. The maximum Gasteiger partial charge on any atom is 0.418 e. The van der Waals surface area contributed by atoms with Gasteiger partial charge in [0.25, 0.3) is 0 Å². The molecular weight excluding hydrogens is 240 g/mol. The number of carbonyl (C=O) groups excluding carboxylic acids is 3. The smallest absolute Gasteiger partial charge is 0.418 e. The Morgan fingerprint density at radius 2 is 2.22 bits per heavy atom. The van der Waals surface area contributed by atoms with Gasteiger partial charge in [-0.3, -0.25) is 4.79 Å². The van der Waals surface area contributed by atoms with E-state index in [2.05, 4.69) is 10.1 Å². The van der Waals surface area contributed by atoms with Crippen LogP contribution in [0.15, 0.2) is 0 Å². The number of nitrogens with one attached hydrogen (secondary N) is 1. The Kier molecular flexibility index (Phi) is 4.94. The molecule has 0 radical (unpaired) electrons. The van der Waals surface area contributed by atoms with Gasteiger partial charge in [-0.05, 0) is 12.3 Å². The molecule has 1 N–H and O–H groups in total. The molecule has 0 bridgehead atoms. The van der Waals surface area contributed by atoms with E-state index in [4.69, 9.17) is 4.74 Å². The summed E-state index contributed by atoms with van der Waals surface area (Å²) >= 11 is 0. The lowest BCUT2D eigenvalue weighted by Crippen LogP contribution is -2.47. The van der Waals surface area contributed by atoms with Crippen LogP contribution in [-0.2, 0) is 14.3 Å². The topological polar surface area (TPSA) is 84.9 Å². The first kappa shape index (κ1) is 14.3. The van der Waals surface area contributed by atoms with E-state index in [0.717, 1.165) is 4.90 Å². The number of hydrogen-bond donors (Lipinski definition) is 1. The van der Waals surface area contributed by atoms with E-state index in [1.54, 1.807) is 0 Å². The van der Waals surface area contributed by atoms with Crippen molar-refractivity contribution in [2.24, 2.45) is 5.92 Å². The zero-order chi connectivity index (χ0) is 13.7. The Hall–Kier alpha value is -1.79. The highest BCUT2D eigenvalue weighted by molar-refractivity contribution is 5.93. The van der Waals surface area contributed by atoms with Gasteiger partial charge in [-0.25, -0.2) is 14.5 Å². The molecule has 3 amide bonds. The van der Waals surface area contributed by atoms with E-state index in [9.17, 15) is 14.4 Å². The number of ether oxygens (including phenoxy) is 2. The first-order chi connectivity index (χ1) is 8.45. The fraction of sp³-hybridized carbons (Fsp3) is 0.727. The number of amides is 3. The Labute approximate surface area is 105 Å². The molecule has 1 atom stereocenters. The van der Waals surface area contributed by atoms with Gasteiger partial charge in [0.2, 0.25) is 0 Å². The largest absolute Gasteiger partial charge is 0.468 e. The molecule has 1 saturated heterocycles. The lowest BCUT2D eigenvalue weighted by Gasteiger charge is -2.20. The highest BCUT2D eigenvalue weighted by Gasteiger charge is 2.38. The van der Waals surface area contributed by atoms with Crippen LogP contribution in [-0.4, -0.2) is 49.3 Å². The Bertz CT molecular complexity index is 342. The van der Waals surface area contributed by atoms with Gasteiger partial charge in [0.1, 0.15) is 13.2 Å². The van der Waals surface area contributed by atoms with Gasteiger partial charge in [-0.2, -0.15) is 0 Å². The second-order valence-corrected chi connectivity index (χ2v) is 4.47. The molecule has 1 aliphatic rings. The predicted octanol–water partition coefficient (Wildman–Crippen LogP) is 0.736. The summed E-state index contributed by atoms with van der Waals surface area (Å²) in [5.74, 6) is -0.239. The molecular formula is C11H18N2O5. The van der Waals surface area contributed by atoms with Gasteiger partial charge in [-0.1, -0.05) is 13.8 Å². The van der Waals surface area contributed by atoms with Crippen molar-refractivity contribution in [3.8, 4) is 0 Å². The third kappa shape index (κ3) is 3.61. The second-order valence-electron chi connectivity index (χ2n) is 4.47. The summed E-state index contributed by atoms with van der Waals surface area (Å²) in [5.41, 5.74) is 0. The summed E-state index contributed by atoms with van der Waals surface area (Å²) in [6.45, 7) is 3.91. The lowest BCUT2D eigenvalue weighted by atomic mass is 10.0. The monoisotopic (exact) mass is 258 g/mol. The fourth-order valence-corrected chi connectivity index (χ4v) is 1.73. The summed E-state index contributed by atoms with van der Waals surface area (Å²) in [7, 11) is 1.22. The molecule has 1 rings (SSSR count). The van der Waals surface area contributed by atoms with Crippen LogP contribution < -0.4 is 5.32 Å². The third-order valence-corrected chi connectivity index (χ3v) is 2.53. The number of cyclic esters (lactones) is 1. The molecule has 1 fully saturated rings. The normalized spacial score (nSPS) is 18.8. The zero-order valence-corrected chi connectivity index (χ0v) is 10.8. The molecule has 18 heavy (non-hydrogen) atoms. The third-order valence-electron chi connectivity index (χ3n) is 2.53. The standard InChI is InChI=1S/C11H18N2O5/c1-7(2)4-8-6-18-11(16)13(8)10(15)12-5-9(14)17-3/h7-8H,4-6H2,1-3H3,(H,12,15)/t8-/m0/s1. The van der Waals surface area contributed by atoms with Gasteiger partial charge in [0.05, 0.1) is 13.2 Å². The first-order valence-corrected chi connectivity index (χ1v) is 5.76. The number of rotatable bonds is 4. The minimum atomic E-state index is -0.678. The molecule has 102 valence electrons. The Morgan fingerprint density at radius 3 is 2.78 bits per heavy atom. The average Bonchev–Trinajstić information content (AvgIpc) is 2.66. The van der Waals surface area contributed by atoms with Gasteiger partial charge in [0, 0.05) is 0 Å². The lowest BCUT2D eigenvalue weighted by molar-refractivity contribution is -0.139. The minimum Gasteiger partial charge on any atom is -0.468 e. The SMILES string of the molecule is COC(=O)CNC(=O)N1C(=O)OC[C@@H]1CC(C)C. The number of hydrogen-bond acceptors (Lipinski definition) is 5. The molecule has 0 aromatic heterocycles. The molecule has 0 saturated carbocycles. The average molecular weight is 258 g/mol. The predicted molar refractivity (Wildman–Crippen MR) is 61.8 cm³/mol. The molecule has 0 aromatic rings. The molecule has 7 nitrogen and oxygen atoms in total. The van der Waals surface area contributed by atoms with Crippen molar-refractivity contribution in [2.75, 3.05) is 20.3 Å². The van der Waals surface area contributed by atoms with E-state index in [1.165, 1.54) is 7.11 Å². The number of esters is 1. The van der Waals surface area contributed by atoms with Crippen LogP contribution in [0.5, 0.6) is 0 Å². The Balaban J connectivity index is 2.57. The highest BCUT2D eigenvalue weighted by Crippen LogP contribution is 2.19.